The van der Waals surface area contributed by atoms with E-state index in [2.05, 4.69) is 10.3 Å². The molecule has 0 aliphatic carbocycles. The van der Waals surface area contributed by atoms with Crippen LogP contribution in [0.5, 0.6) is 11.5 Å². The van der Waals surface area contributed by atoms with E-state index < -0.39 is 5.82 Å². The smallest absolute Gasteiger partial charge is 0.169 e. The molecule has 1 aromatic carbocycles. The molecule has 15 heavy (non-hydrogen) atoms. The lowest BCUT2D eigenvalue weighted by atomic mass is 10.2. The predicted molar refractivity (Wildman–Crippen MR) is 53.4 cm³/mol. The molecule has 1 aromatic rings. The zero-order valence-electron chi connectivity index (χ0n) is 8.96. The van der Waals surface area contributed by atoms with E-state index >= 15 is 0 Å². The Labute approximate surface area is 87.9 Å². The molecule has 0 unspecified atom stereocenters. The van der Waals surface area contributed by atoms with E-state index in [9.17, 15) is 4.39 Å². The van der Waals surface area contributed by atoms with Crippen LogP contribution >= 0.6 is 0 Å². The van der Waals surface area contributed by atoms with Crippen molar-refractivity contribution in [2.45, 2.75) is 6.54 Å². The second-order valence-electron chi connectivity index (χ2n) is 2.83. The number of ether oxygens (including phenoxy) is 2. The largest absolute Gasteiger partial charge is 0.497 e. The summed E-state index contributed by atoms with van der Waals surface area (Å²) in [7, 11) is 4.39. The lowest BCUT2D eigenvalue weighted by Crippen LogP contribution is -2.12. The van der Waals surface area contributed by atoms with Crippen molar-refractivity contribution in [1.82, 2.24) is 5.48 Å². The monoisotopic (exact) mass is 215 g/mol. The standard InChI is InChI=1S/C10H14FNO3/c1-13-8-4-7(6-12-15-3)10(11)9(5-8)14-2/h4-5,12H,6H2,1-3H3. The van der Waals surface area contributed by atoms with Crippen molar-refractivity contribution in [1.29, 1.82) is 0 Å². The zero-order valence-corrected chi connectivity index (χ0v) is 8.96. The fourth-order valence-corrected chi connectivity index (χ4v) is 1.17. The molecule has 0 radical (unpaired) electrons. The first-order chi connectivity index (χ1) is 7.22. The first-order valence-electron chi connectivity index (χ1n) is 4.39. The van der Waals surface area contributed by atoms with Gasteiger partial charge in [0.15, 0.2) is 11.6 Å². The molecule has 0 aliphatic rings. The molecule has 0 saturated carbocycles. The van der Waals surface area contributed by atoms with Crippen LogP contribution in [0.2, 0.25) is 0 Å². The van der Waals surface area contributed by atoms with Gasteiger partial charge in [-0.15, -0.1) is 0 Å². The van der Waals surface area contributed by atoms with Crippen molar-refractivity contribution in [3.05, 3.63) is 23.5 Å². The van der Waals surface area contributed by atoms with Crippen LogP contribution < -0.4 is 15.0 Å². The van der Waals surface area contributed by atoms with E-state index in [-0.39, 0.29) is 12.3 Å². The molecule has 84 valence electrons. The van der Waals surface area contributed by atoms with Crippen molar-refractivity contribution < 1.29 is 18.7 Å². The van der Waals surface area contributed by atoms with Crippen LogP contribution in [0.4, 0.5) is 4.39 Å². The van der Waals surface area contributed by atoms with Gasteiger partial charge in [-0.3, -0.25) is 0 Å². The summed E-state index contributed by atoms with van der Waals surface area (Å²) in [6, 6.07) is 3.08. The highest BCUT2D eigenvalue weighted by molar-refractivity contribution is 5.40. The van der Waals surface area contributed by atoms with Gasteiger partial charge < -0.3 is 14.3 Å². The summed E-state index contributed by atoms with van der Waals surface area (Å²) in [6.07, 6.45) is 0. The number of nitrogens with one attached hydrogen (secondary N) is 1. The maximum atomic E-state index is 13.6. The van der Waals surface area contributed by atoms with Crippen LogP contribution in [0.25, 0.3) is 0 Å². The highest BCUT2D eigenvalue weighted by Crippen LogP contribution is 2.27. The van der Waals surface area contributed by atoms with Crippen molar-refractivity contribution >= 4 is 0 Å². The number of hydrogen-bond acceptors (Lipinski definition) is 4. The third kappa shape index (κ3) is 2.81. The minimum Gasteiger partial charge on any atom is -0.497 e. The average molecular weight is 215 g/mol. The van der Waals surface area contributed by atoms with Gasteiger partial charge in [0.2, 0.25) is 0 Å². The van der Waals surface area contributed by atoms with E-state index in [1.165, 1.54) is 27.4 Å². The maximum Gasteiger partial charge on any atom is 0.169 e. The molecule has 0 atom stereocenters. The van der Waals surface area contributed by atoms with Gasteiger partial charge in [0, 0.05) is 18.2 Å². The number of halogens is 1. The fourth-order valence-electron chi connectivity index (χ4n) is 1.17. The van der Waals surface area contributed by atoms with Crippen molar-refractivity contribution in [3.8, 4) is 11.5 Å². The molecule has 4 nitrogen and oxygen atoms in total. The van der Waals surface area contributed by atoms with E-state index in [4.69, 9.17) is 9.47 Å². The summed E-state index contributed by atoms with van der Waals surface area (Å²) < 4.78 is 23.5. The molecule has 1 rings (SSSR count). The first-order valence-corrected chi connectivity index (χ1v) is 4.39. The number of hydroxylamine groups is 1. The average Bonchev–Trinajstić information content (AvgIpc) is 2.27. The molecular weight excluding hydrogens is 201 g/mol. The lowest BCUT2D eigenvalue weighted by Gasteiger charge is -2.10. The summed E-state index contributed by atoms with van der Waals surface area (Å²) in [5.74, 6) is 0.284. The Morgan fingerprint density at radius 3 is 2.47 bits per heavy atom. The van der Waals surface area contributed by atoms with Crippen LogP contribution in [0.3, 0.4) is 0 Å². The van der Waals surface area contributed by atoms with E-state index in [0.717, 1.165) is 0 Å². The summed E-state index contributed by atoms with van der Waals surface area (Å²) in [5, 5.41) is 0. The maximum absolute atomic E-state index is 13.6. The van der Waals surface area contributed by atoms with Gasteiger partial charge in [0.25, 0.3) is 0 Å². The molecule has 0 spiro atoms. The Bertz CT molecular complexity index is 331. The number of rotatable bonds is 5. The number of hydrogen-bond donors (Lipinski definition) is 1. The van der Waals surface area contributed by atoms with Crippen molar-refractivity contribution in [2.24, 2.45) is 0 Å². The van der Waals surface area contributed by atoms with E-state index in [0.29, 0.717) is 11.3 Å². The topological polar surface area (TPSA) is 39.7 Å². The minimum absolute atomic E-state index is 0.155. The Kier molecular flexibility index (Phi) is 4.33. The van der Waals surface area contributed by atoms with Gasteiger partial charge in [-0.25, -0.2) is 4.39 Å². The van der Waals surface area contributed by atoms with Crippen LogP contribution in [0, 0.1) is 5.82 Å². The van der Waals surface area contributed by atoms with Gasteiger partial charge >= 0.3 is 0 Å². The molecule has 0 fully saturated rings. The van der Waals surface area contributed by atoms with E-state index in [1.54, 1.807) is 6.07 Å². The highest BCUT2D eigenvalue weighted by Gasteiger charge is 2.11. The zero-order chi connectivity index (χ0) is 11.3. The van der Waals surface area contributed by atoms with E-state index in [1.807, 2.05) is 0 Å². The summed E-state index contributed by atoms with van der Waals surface area (Å²) >= 11 is 0. The molecule has 0 saturated heterocycles. The molecule has 0 aromatic heterocycles. The number of methoxy groups -OCH3 is 2. The van der Waals surface area contributed by atoms with Crippen LogP contribution in [0.15, 0.2) is 12.1 Å². The Morgan fingerprint density at radius 2 is 1.93 bits per heavy atom. The summed E-state index contributed by atoms with van der Waals surface area (Å²) in [6.45, 7) is 0.246. The van der Waals surface area contributed by atoms with Crippen molar-refractivity contribution in [3.63, 3.8) is 0 Å². The molecular formula is C10H14FNO3. The Balaban J connectivity index is 3.01. The Morgan fingerprint density at radius 1 is 1.20 bits per heavy atom. The minimum atomic E-state index is -0.414. The third-order valence-electron chi connectivity index (χ3n) is 1.95. The quantitative estimate of drug-likeness (QED) is 0.755. The molecule has 1 N–H and O–H groups in total. The second kappa shape index (κ2) is 5.53. The van der Waals surface area contributed by atoms with Crippen LogP contribution in [-0.2, 0) is 11.4 Å². The first kappa shape index (κ1) is 11.7. The molecule has 0 aliphatic heterocycles. The third-order valence-corrected chi connectivity index (χ3v) is 1.95. The van der Waals surface area contributed by atoms with Gasteiger partial charge in [-0.2, -0.15) is 5.48 Å². The van der Waals surface area contributed by atoms with Crippen molar-refractivity contribution in [2.75, 3.05) is 21.3 Å². The highest BCUT2D eigenvalue weighted by atomic mass is 19.1. The van der Waals surface area contributed by atoms with Gasteiger partial charge in [-0.05, 0) is 6.07 Å². The lowest BCUT2D eigenvalue weighted by molar-refractivity contribution is 0.0857. The summed E-state index contributed by atoms with van der Waals surface area (Å²) in [4.78, 5) is 4.65. The van der Waals surface area contributed by atoms with Gasteiger partial charge in [-0.1, -0.05) is 0 Å². The van der Waals surface area contributed by atoms with Gasteiger partial charge in [0.05, 0.1) is 21.3 Å². The van der Waals surface area contributed by atoms with Crippen LogP contribution in [-0.4, -0.2) is 21.3 Å². The SMILES string of the molecule is CONCc1cc(OC)cc(OC)c1F. The number of benzene rings is 1. The molecule has 0 heterocycles. The van der Waals surface area contributed by atoms with Gasteiger partial charge in [0.1, 0.15) is 5.75 Å². The molecule has 0 bridgehead atoms. The predicted octanol–water partition coefficient (Wildman–Crippen LogP) is 1.49. The molecule has 5 heteroatoms. The Hall–Kier alpha value is -1.33. The normalized spacial score (nSPS) is 10.1. The second-order valence-corrected chi connectivity index (χ2v) is 2.83. The van der Waals surface area contributed by atoms with Crippen LogP contribution in [0.1, 0.15) is 5.56 Å². The summed E-state index contributed by atoms with van der Waals surface area (Å²) in [5.41, 5.74) is 2.98. The molecule has 0 amide bonds. The fraction of sp³-hybridized carbons (Fsp3) is 0.400.